The minimum absolute atomic E-state index is 0.0844. The summed E-state index contributed by atoms with van der Waals surface area (Å²) in [4.78, 5) is 22.8. The van der Waals surface area contributed by atoms with E-state index in [1.165, 1.54) is 16.9 Å². The Balaban J connectivity index is 1.46. The molecule has 1 amide bonds. The van der Waals surface area contributed by atoms with Gasteiger partial charge in [-0.15, -0.1) is 11.3 Å². The molecule has 0 atom stereocenters. The minimum atomic E-state index is 0.0844. The van der Waals surface area contributed by atoms with Crippen molar-refractivity contribution >= 4 is 22.9 Å². The average molecular weight is 422 g/mol. The van der Waals surface area contributed by atoms with Crippen molar-refractivity contribution in [3.8, 4) is 16.3 Å². The van der Waals surface area contributed by atoms with E-state index in [0.29, 0.717) is 13.1 Å². The first kappa shape index (κ1) is 20.4. The fraction of sp³-hybridized carbons (Fsp3) is 0.333. The molecule has 0 bridgehead atoms. The Morgan fingerprint density at radius 3 is 2.43 bits per heavy atom. The van der Waals surface area contributed by atoms with Crippen LogP contribution in [0.5, 0.6) is 5.75 Å². The number of nitrogens with zero attached hydrogens (tertiary/aromatic N) is 3. The van der Waals surface area contributed by atoms with Crippen LogP contribution in [-0.4, -0.2) is 49.1 Å². The Morgan fingerprint density at radius 2 is 1.77 bits per heavy atom. The zero-order valence-corrected chi connectivity index (χ0v) is 18.5. The number of thiazole rings is 1. The lowest BCUT2D eigenvalue weighted by molar-refractivity contribution is 0.0750. The molecule has 0 spiro atoms. The molecule has 1 saturated heterocycles. The topological polar surface area (TPSA) is 45.7 Å². The second-order valence-corrected chi connectivity index (χ2v) is 8.43. The molecular weight excluding hydrogens is 394 g/mol. The molecule has 2 heterocycles. The molecule has 0 saturated carbocycles. The fourth-order valence-corrected chi connectivity index (χ4v) is 4.83. The van der Waals surface area contributed by atoms with Gasteiger partial charge < -0.3 is 14.5 Å². The molecule has 30 heavy (non-hydrogen) atoms. The van der Waals surface area contributed by atoms with Crippen LogP contribution in [0.4, 0.5) is 5.69 Å². The minimum Gasteiger partial charge on any atom is -0.495 e. The monoisotopic (exact) mass is 421 g/mol. The Kier molecular flexibility index (Phi) is 6.04. The Morgan fingerprint density at radius 1 is 1.07 bits per heavy atom. The van der Waals surface area contributed by atoms with Crippen LogP contribution >= 0.6 is 11.3 Å². The van der Waals surface area contributed by atoms with Gasteiger partial charge in [0, 0.05) is 31.7 Å². The summed E-state index contributed by atoms with van der Waals surface area (Å²) >= 11 is 1.50. The molecule has 0 aliphatic carbocycles. The van der Waals surface area contributed by atoms with Crippen LogP contribution in [-0.2, 0) is 6.42 Å². The van der Waals surface area contributed by atoms with Gasteiger partial charge in [-0.05, 0) is 31.0 Å². The van der Waals surface area contributed by atoms with Crippen molar-refractivity contribution in [3.05, 3.63) is 64.7 Å². The Bertz CT molecular complexity index is 1020. The van der Waals surface area contributed by atoms with Gasteiger partial charge in [-0.3, -0.25) is 4.79 Å². The molecule has 0 N–H and O–H groups in total. The first-order valence-electron chi connectivity index (χ1n) is 10.3. The molecule has 156 valence electrons. The number of piperazine rings is 1. The zero-order chi connectivity index (χ0) is 21.1. The Labute approximate surface area is 181 Å². The first-order chi connectivity index (χ1) is 14.6. The van der Waals surface area contributed by atoms with Crippen LogP contribution in [0, 0.1) is 6.92 Å². The summed E-state index contributed by atoms with van der Waals surface area (Å²) in [7, 11) is 1.69. The van der Waals surface area contributed by atoms with Gasteiger partial charge in [0.2, 0.25) is 0 Å². The van der Waals surface area contributed by atoms with Gasteiger partial charge in [0.15, 0.2) is 0 Å². The number of amides is 1. The van der Waals surface area contributed by atoms with Gasteiger partial charge in [-0.2, -0.15) is 0 Å². The van der Waals surface area contributed by atoms with Crippen molar-refractivity contribution in [2.45, 2.75) is 20.3 Å². The van der Waals surface area contributed by atoms with E-state index in [1.807, 2.05) is 30.0 Å². The first-order valence-corrected chi connectivity index (χ1v) is 11.2. The lowest BCUT2D eigenvalue weighted by Crippen LogP contribution is -2.48. The fourth-order valence-electron chi connectivity index (χ4n) is 3.79. The molecule has 3 aromatic rings. The van der Waals surface area contributed by atoms with E-state index < -0.39 is 0 Å². The summed E-state index contributed by atoms with van der Waals surface area (Å²) in [5.74, 6) is 0.954. The molecule has 5 nitrogen and oxygen atoms in total. The van der Waals surface area contributed by atoms with E-state index in [-0.39, 0.29) is 5.91 Å². The molecule has 1 aromatic heterocycles. The van der Waals surface area contributed by atoms with Crippen molar-refractivity contribution in [1.82, 2.24) is 9.88 Å². The zero-order valence-electron chi connectivity index (χ0n) is 17.7. The van der Waals surface area contributed by atoms with Crippen LogP contribution in [0.2, 0.25) is 0 Å². The van der Waals surface area contributed by atoms with Gasteiger partial charge in [0.1, 0.15) is 15.6 Å². The number of ether oxygens (including phenoxy) is 1. The number of methoxy groups -OCH3 is 1. The molecule has 4 rings (SSSR count). The van der Waals surface area contributed by atoms with E-state index in [0.717, 1.165) is 52.1 Å². The Hall–Kier alpha value is -2.86. The summed E-state index contributed by atoms with van der Waals surface area (Å²) < 4.78 is 5.49. The summed E-state index contributed by atoms with van der Waals surface area (Å²) in [6.45, 7) is 7.03. The summed E-state index contributed by atoms with van der Waals surface area (Å²) in [5, 5.41) is 0.908. The number of benzene rings is 2. The molecule has 6 heteroatoms. The quantitative estimate of drug-likeness (QED) is 0.601. The SMILES string of the molecule is CCc1ccc(-c2nc(C)c(C(=O)N3CCN(c4ccccc4OC)CC3)s2)cc1. The van der Waals surface area contributed by atoms with Crippen molar-refractivity contribution in [2.75, 3.05) is 38.2 Å². The van der Waals surface area contributed by atoms with E-state index in [1.54, 1.807) is 7.11 Å². The number of carbonyl (C=O) groups is 1. The maximum Gasteiger partial charge on any atom is 0.265 e. The molecule has 1 aliphatic heterocycles. The van der Waals surface area contributed by atoms with Crippen LogP contribution in [0.1, 0.15) is 27.9 Å². The number of aryl methyl sites for hydroxylation is 2. The van der Waals surface area contributed by atoms with Crippen molar-refractivity contribution in [1.29, 1.82) is 0 Å². The van der Waals surface area contributed by atoms with Gasteiger partial charge in [-0.1, -0.05) is 43.3 Å². The second kappa shape index (κ2) is 8.88. The maximum atomic E-state index is 13.2. The van der Waals surface area contributed by atoms with E-state index in [2.05, 4.69) is 47.1 Å². The number of rotatable bonds is 5. The van der Waals surface area contributed by atoms with Crippen LogP contribution in [0.25, 0.3) is 10.6 Å². The van der Waals surface area contributed by atoms with E-state index in [9.17, 15) is 4.79 Å². The number of aromatic nitrogens is 1. The van der Waals surface area contributed by atoms with Crippen molar-refractivity contribution < 1.29 is 9.53 Å². The molecule has 0 unspecified atom stereocenters. The highest BCUT2D eigenvalue weighted by Gasteiger charge is 2.26. The molecule has 1 aliphatic rings. The summed E-state index contributed by atoms with van der Waals surface area (Å²) in [6, 6.07) is 16.5. The molecule has 1 fully saturated rings. The highest BCUT2D eigenvalue weighted by atomic mass is 32.1. The van der Waals surface area contributed by atoms with E-state index >= 15 is 0 Å². The van der Waals surface area contributed by atoms with Gasteiger partial charge >= 0.3 is 0 Å². The predicted octanol–water partition coefficient (Wildman–Crippen LogP) is 4.65. The van der Waals surface area contributed by atoms with Crippen molar-refractivity contribution in [2.24, 2.45) is 0 Å². The standard InChI is InChI=1S/C24H27N3O2S/c1-4-18-9-11-19(12-10-18)23-25-17(2)22(30-23)24(28)27-15-13-26(14-16-27)20-7-5-6-8-21(20)29-3/h5-12H,4,13-16H2,1-3H3. The third-order valence-electron chi connectivity index (χ3n) is 5.59. The number of hydrogen-bond acceptors (Lipinski definition) is 5. The maximum absolute atomic E-state index is 13.2. The number of anilines is 1. The number of carbonyl (C=O) groups excluding carboxylic acids is 1. The third-order valence-corrected chi connectivity index (χ3v) is 6.79. The number of para-hydroxylation sites is 2. The van der Waals surface area contributed by atoms with Crippen LogP contribution in [0.3, 0.4) is 0 Å². The largest absolute Gasteiger partial charge is 0.495 e. The van der Waals surface area contributed by atoms with Crippen molar-refractivity contribution in [3.63, 3.8) is 0 Å². The molecular formula is C24H27N3O2S. The van der Waals surface area contributed by atoms with Gasteiger partial charge in [-0.25, -0.2) is 4.98 Å². The normalized spacial score (nSPS) is 14.1. The van der Waals surface area contributed by atoms with Gasteiger partial charge in [0.05, 0.1) is 18.5 Å². The summed E-state index contributed by atoms with van der Waals surface area (Å²) in [6.07, 6.45) is 1.02. The highest BCUT2D eigenvalue weighted by molar-refractivity contribution is 7.17. The third kappa shape index (κ3) is 4.05. The lowest BCUT2D eigenvalue weighted by Gasteiger charge is -2.36. The second-order valence-electron chi connectivity index (χ2n) is 7.44. The van der Waals surface area contributed by atoms with E-state index in [4.69, 9.17) is 4.74 Å². The van der Waals surface area contributed by atoms with Crippen LogP contribution < -0.4 is 9.64 Å². The lowest BCUT2D eigenvalue weighted by atomic mass is 10.1. The average Bonchev–Trinajstić information content (AvgIpc) is 3.20. The molecule has 2 aromatic carbocycles. The van der Waals surface area contributed by atoms with Crippen LogP contribution in [0.15, 0.2) is 48.5 Å². The smallest absolute Gasteiger partial charge is 0.265 e. The summed E-state index contributed by atoms with van der Waals surface area (Å²) in [5.41, 5.74) is 4.27. The molecule has 0 radical (unpaired) electrons. The predicted molar refractivity (Wildman–Crippen MR) is 123 cm³/mol. The number of hydrogen-bond donors (Lipinski definition) is 0. The highest BCUT2D eigenvalue weighted by Crippen LogP contribution is 2.31. The van der Waals surface area contributed by atoms with Gasteiger partial charge in [0.25, 0.3) is 5.91 Å².